The molecule has 0 aliphatic heterocycles. The number of carbonyl (C=O) groups excluding carboxylic acids is 1. The van der Waals surface area contributed by atoms with E-state index in [0.29, 0.717) is 30.5 Å². The van der Waals surface area contributed by atoms with Gasteiger partial charge in [-0.05, 0) is 25.1 Å². The summed E-state index contributed by atoms with van der Waals surface area (Å²) in [5.41, 5.74) is -0.546. The summed E-state index contributed by atoms with van der Waals surface area (Å²) in [5.74, 6) is -0.699. The second-order valence-corrected chi connectivity index (χ2v) is 7.60. The first-order chi connectivity index (χ1) is 11.8. The third-order valence-electron chi connectivity index (χ3n) is 3.36. The molecule has 1 aromatic heterocycles. The lowest BCUT2D eigenvalue weighted by molar-refractivity contribution is 0.0925. The van der Waals surface area contributed by atoms with Gasteiger partial charge in [-0.25, -0.2) is 4.79 Å². The Morgan fingerprint density at radius 2 is 2.04 bits per heavy atom. The Labute approximate surface area is 159 Å². The van der Waals surface area contributed by atoms with E-state index in [1.807, 2.05) is 0 Å². The number of nitrogens with one attached hydrogen (secondary N) is 2. The molecule has 0 aliphatic rings. The molecule has 0 saturated heterocycles. The zero-order chi connectivity index (χ0) is 18.4. The third kappa shape index (κ3) is 5.59. The molecule has 2 aromatic rings. The summed E-state index contributed by atoms with van der Waals surface area (Å²) in [5, 5.41) is 6.04. The number of alkyl halides is 3. The fraction of sp³-hybridized carbons (Fsp3) is 0.375. The quantitative estimate of drug-likeness (QED) is 0.319. The molecule has 0 fully saturated rings. The van der Waals surface area contributed by atoms with Crippen LogP contribution in [0.5, 0.6) is 0 Å². The molecule has 25 heavy (non-hydrogen) atoms. The van der Waals surface area contributed by atoms with Crippen LogP contribution >= 0.6 is 34.8 Å². The highest BCUT2D eigenvalue weighted by Crippen LogP contribution is 2.29. The molecule has 1 heterocycles. The van der Waals surface area contributed by atoms with Crippen LogP contribution in [0.2, 0.25) is 0 Å². The van der Waals surface area contributed by atoms with Crippen molar-refractivity contribution in [3.05, 3.63) is 46.3 Å². The standard InChI is InChI=1S/C16H17Cl3N2O4/c1-24-8-4-7-20-15(16(17,18)19)21-13(22)11-9-10-5-2-3-6-12(10)25-14(11)23/h2-3,5-6,9,15,20H,4,7-8H2,1H3,(H,21,22). The number of carbonyl (C=O) groups is 1. The van der Waals surface area contributed by atoms with Crippen LogP contribution in [0, 0.1) is 0 Å². The van der Waals surface area contributed by atoms with Gasteiger partial charge in [0.15, 0.2) is 0 Å². The van der Waals surface area contributed by atoms with Gasteiger partial charge in [-0.1, -0.05) is 53.0 Å². The number of para-hydroxylation sites is 1. The molecule has 2 rings (SSSR count). The van der Waals surface area contributed by atoms with Crippen LogP contribution in [0.25, 0.3) is 11.0 Å². The van der Waals surface area contributed by atoms with Crippen molar-refractivity contribution in [3.63, 3.8) is 0 Å². The fourth-order valence-electron chi connectivity index (χ4n) is 2.14. The molecule has 1 aromatic carbocycles. The second-order valence-electron chi connectivity index (χ2n) is 5.23. The maximum Gasteiger partial charge on any atom is 0.349 e. The number of amides is 1. The van der Waals surface area contributed by atoms with E-state index in [0.717, 1.165) is 0 Å². The SMILES string of the molecule is COCCCNC(NC(=O)c1cc2ccccc2oc1=O)C(Cl)(Cl)Cl. The predicted octanol–water partition coefficient (Wildman–Crippen LogP) is 2.85. The summed E-state index contributed by atoms with van der Waals surface area (Å²) in [4.78, 5) is 24.5. The minimum atomic E-state index is -1.81. The molecule has 0 bridgehead atoms. The highest BCUT2D eigenvalue weighted by Gasteiger charge is 2.34. The summed E-state index contributed by atoms with van der Waals surface area (Å²) < 4.78 is 8.27. The molecule has 0 saturated carbocycles. The molecular formula is C16H17Cl3N2O4. The van der Waals surface area contributed by atoms with Gasteiger partial charge in [0.25, 0.3) is 5.91 Å². The number of methoxy groups -OCH3 is 1. The van der Waals surface area contributed by atoms with Crippen LogP contribution in [-0.2, 0) is 4.74 Å². The van der Waals surface area contributed by atoms with Crippen molar-refractivity contribution in [2.24, 2.45) is 0 Å². The molecule has 0 spiro atoms. The van der Waals surface area contributed by atoms with Gasteiger partial charge in [0.1, 0.15) is 17.3 Å². The number of halogens is 3. The van der Waals surface area contributed by atoms with Crippen LogP contribution in [0.4, 0.5) is 0 Å². The van der Waals surface area contributed by atoms with Gasteiger partial charge >= 0.3 is 5.63 Å². The Balaban J connectivity index is 2.17. The first-order valence-electron chi connectivity index (χ1n) is 7.45. The summed E-state index contributed by atoms with van der Waals surface area (Å²) in [6.07, 6.45) is -0.338. The third-order valence-corrected chi connectivity index (χ3v) is 4.02. The van der Waals surface area contributed by atoms with Gasteiger partial charge in [0.2, 0.25) is 3.79 Å². The summed E-state index contributed by atoms with van der Waals surface area (Å²) >= 11 is 17.7. The largest absolute Gasteiger partial charge is 0.422 e. The maximum atomic E-state index is 12.4. The van der Waals surface area contributed by atoms with E-state index in [9.17, 15) is 9.59 Å². The highest BCUT2D eigenvalue weighted by molar-refractivity contribution is 6.68. The first-order valence-corrected chi connectivity index (χ1v) is 8.59. The molecule has 2 N–H and O–H groups in total. The number of fused-ring (bicyclic) bond motifs is 1. The van der Waals surface area contributed by atoms with Crippen molar-refractivity contribution in [2.75, 3.05) is 20.3 Å². The molecule has 1 amide bonds. The van der Waals surface area contributed by atoms with Crippen LogP contribution in [0.3, 0.4) is 0 Å². The summed E-state index contributed by atoms with van der Waals surface area (Å²) in [6, 6.07) is 8.31. The molecule has 0 aliphatic carbocycles. The minimum Gasteiger partial charge on any atom is -0.422 e. The average Bonchev–Trinajstić information content (AvgIpc) is 2.55. The zero-order valence-electron chi connectivity index (χ0n) is 13.4. The van der Waals surface area contributed by atoms with Crippen molar-refractivity contribution in [1.29, 1.82) is 0 Å². The molecule has 136 valence electrons. The van der Waals surface area contributed by atoms with Gasteiger partial charge in [0, 0.05) is 19.1 Å². The van der Waals surface area contributed by atoms with Crippen LogP contribution in [0.1, 0.15) is 16.8 Å². The van der Waals surface area contributed by atoms with Crippen LogP contribution in [-0.4, -0.2) is 36.1 Å². The van der Waals surface area contributed by atoms with E-state index in [1.54, 1.807) is 31.4 Å². The van der Waals surface area contributed by atoms with Crippen molar-refractivity contribution < 1.29 is 13.9 Å². The van der Waals surface area contributed by atoms with Gasteiger partial charge in [-0.3, -0.25) is 10.1 Å². The molecule has 1 unspecified atom stereocenters. The van der Waals surface area contributed by atoms with Gasteiger partial charge < -0.3 is 14.5 Å². The Kier molecular flexibility index (Phi) is 7.10. The van der Waals surface area contributed by atoms with E-state index in [2.05, 4.69) is 10.6 Å². The van der Waals surface area contributed by atoms with Gasteiger partial charge in [0.05, 0.1) is 0 Å². The molecular weight excluding hydrogens is 391 g/mol. The van der Waals surface area contributed by atoms with Crippen molar-refractivity contribution >= 4 is 51.7 Å². The molecule has 9 heteroatoms. The number of benzene rings is 1. The minimum absolute atomic E-state index is 0.170. The number of ether oxygens (including phenoxy) is 1. The lowest BCUT2D eigenvalue weighted by atomic mass is 10.2. The predicted molar refractivity (Wildman–Crippen MR) is 98.5 cm³/mol. The zero-order valence-corrected chi connectivity index (χ0v) is 15.6. The Morgan fingerprint density at radius 3 is 2.72 bits per heavy atom. The van der Waals surface area contributed by atoms with Gasteiger partial charge in [-0.15, -0.1) is 0 Å². The van der Waals surface area contributed by atoms with E-state index < -0.39 is 21.5 Å². The van der Waals surface area contributed by atoms with Crippen LogP contribution in [0.15, 0.2) is 39.5 Å². The average molecular weight is 408 g/mol. The highest BCUT2D eigenvalue weighted by atomic mass is 35.6. The lowest BCUT2D eigenvalue weighted by Crippen LogP contribution is -2.54. The molecule has 1 atom stereocenters. The fourth-order valence-corrected chi connectivity index (χ4v) is 2.54. The Morgan fingerprint density at radius 1 is 1.32 bits per heavy atom. The van der Waals surface area contributed by atoms with Crippen molar-refractivity contribution in [1.82, 2.24) is 10.6 Å². The van der Waals surface area contributed by atoms with E-state index in [-0.39, 0.29) is 5.56 Å². The molecule has 0 radical (unpaired) electrons. The molecule has 6 nitrogen and oxygen atoms in total. The van der Waals surface area contributed by atoms with Crippen molar-refractivity contribution in [2.45, 2.75) is 16.4 Å². The van der Waals surface area contributed by atoms with E-state index in [1.165, 1.54) is 6.07 Å². The van der Waals surface area contributed by atoms with E-state index >= 15 is 0 Å². The normalized spacial score (nSPS) is 13.0. The monoisotopic (exact) mass is 406 g/mol. The second kappa shape index (κ2) is 8.87. The maximum absolute atomic E-state index is 12.4. The Hall–Kier alpha value is -1.31. The van der Waals surface area contributed by atoms with Crippen LogP contribution < -0.4 is 16.3 Å². The number of hydrogen-bond donors (Lipinski definition) is 2. The summed E-state index contributed by atoms with van der Waals surface area (Å²) in [6.45, 7) is 0.959. The number of hydrogen-bond acceptors (Lipinski definition) is 5. The van der Waals surface area contributed by atoms with E-state index in [4.69, 9.17) is 44.0 Å². The number of rotatable bonds is 7. The van der Waals surface area contributed by atoms with Gasteiger partial charge in [-0.2, -0.15) is 0 Å². The lowest BCUT2D eigenvalue weighted by Gasteiger charge is -2.26. The topological polar surface area (TPSA) is 80.6 Å². The Bertz CT molecular complexity index is 789. The summed E-state index contributed by atoms with van der Waals surface area (Å²) in [7, 11) is 1.58. The smallest absolute Gasteiger partial charge is 0.349 e. The first kappa shape index (κ1) is 20.0. The van der Waals surface area contributed by atoms with Crippen molar-refractivity contribution in [3.8, 4) is 0 Å².